The molecule has 1 N–H and O–H groups in total. The summed E-state index contributed by atoms with van der Waals surface area (Å²) in [5, 5.41) is 11.6. The fourth-order valence-corrected chi connectivity index (χ4v) is 2.86. The molecule has 0 fully saturated rings. The molecule has 4 nitrogen and oxygen atoms in total. The Morgan fingerprint density at radius 2 is 2.05 bits per heavy atom. The summed E-state index contributed by atoms with van der Waals surface area (Å²) in [6.45, 7) is 0.574. The van der Waals surface area contributed by atoms with Crippen molar-refractivity contribution in [2.24, 2.45) is 0 Å². The zero-order valence-electron chi connectivity index (χ0n) is 11.8. The van der Waals surface area contributed by atoms with E-state index in [1.54, 1.807) is 12.1 Å². The number of hydrogen-bond acceptors (Lipinski definition) is 4. The van der Waals surface area contributed by atoms with Gasteiger partial charge in [-0.1, -0.05) is 36.4 Å². The second-order valence-electron chi connectivity index (χ2n) is 5.13. The van der Waals surface area contributed by atoms with Crippen molar-refractivity contribution < 1.29 is 14.7 Å². The number of rotatable bonds is 2. The van der Waals surface area contributed by atoms with Gasteiger partial charge in [0.15, 0.2) is 0 Å². The smallest absolute Gasteiger partial charge is 0.337 e. The molecule has 3 rings (SSSR count). The number of methoxy groups -OCH3 is 1. The van der Waals surface area contributed by atoms with E-state index in [-0.39, 0.29) is 12.0 Å². The van der Waals surface area contributed by atoms with Crippen molar-refractivity contribution in [1.82, 2.24) is 5.06 Å². The number of fused-ring (bicyclic) bond motifs is 1. The molecule has 108 valence electrons. The van der Waals surface area contributed by atoms with Gasteiger partial charge in [0.1, 0.15) is 0 Å². The molecule has 2 aromatic rings. The molecule has 0 spiro atoms. The predicted octanol–water partition coefficient (Wildman–Crippen LogP) is 2.81. The summed E-state index contributed by atoms with van der Waals surface area (Å²) < 4.78 is 4.76. The molecule has 0 aromatic heterocycles. The van der Waals surface area contributed by atoms with Crippen LogP contribution in [0.5, 0.6) is 0 Å². The van der Waals surface area contributed by atoms with E-state index in [1.807, 2.05) is 30.3 Å². The first-order chi connectivity index (χ1) is 10.2. The monoisotopic (exact) mass is 283 g/mol. The van der Waals surface area contributed by atoms with Gasteiger partial charge in [-0.25, -0.2) is 4.79 Å². The maximum Gasteiger partial charge on any atom is 0.337 e. The van der Waals surface area contributed by atoms with Crippen molar-refractivity contribution in [2.75, 3.05) is 13.7 Å². The zero-order valence-corrected chi connectivity index (χ0v) is 11.8. The molecule has 1 heterocycles. The topological polar surface area (TPSA) is 49.8 Å². The molecule has 0 saturated heterocycles. The fourth-order valence-electron chi connectivity index (χ4n) is 2.86. The Labute approximate surface area is 123 Å². The minimum Gasteiger partial charge on any atom is -0.465 e. The molecule has 1 atom stereocenters. The number of carbonyl (C=O) groups excluding carboxylic acids is 1. The van der Waals surface area contributed by atoms with Gasteiger partial charge in [0.05, 0.1) is 18.7 Å². The largest absolute Gasteiger partial charge is 0.465 e. The molecule has 0 amide bonds. The van der Waals surface area contributed by atoms with Crippen LogP contribution in [0, 0.1) is 0 Å². The second kappa shape index (κ2) is 5.68. The summed E-state index contributed by atoms with van der Waals surface area (Å²) in [6, 6.07) is 15.1. The Hall–Kier alpha value is -2.17. The Bertz CT molecular complexity index is 669. The minimum atomic E-state index is -0.370. The van der Waals surface area contributed by atoms with Crippen LogP contribution >= 0.6 is 0 Å². The molecule has 1 aliphatic rings. The Morgan fingerprint density at radius 3 is 2.86 bits per heavy atom. The lowest BCUT2D eigenvalue weighted by atomic mass is 9.89. The van der Waals surface area contributed by atoms with Crippen LogP contribution in [0.15, 0.2) is 48.5 Å². The van der Waals surface area contributed by atoms with E-state index in [0.29, 0.717) is 12.1 Å². The van der Waals surface area contributed by atoms with Crippen LogP contribution in [-0.4, -0.2) is 29.9 Å². The lowest BCUT2D eigenvalue weighted by Gasteiger charge is -2.33. The molecule has 0 saturated carbocycles. The molecule has 2 aromatic carbocycles. The third-order valence-electron chi connectivity index (χ3n) is 3.88. The summed E-state index contributed by atoms with van der Waals surface area (Å²) in [4.78, 5) is 11.7. The van der Waals surface area contributed by atoms with Gasteiger partial charge in [0.2, 0.25) is 0 Å². The van der Waals surface area contributed by atoms with E-state index < -0.39 is 0 Å². The van der Waals surface area contributed by atoms with E-state index in [0.717, 1.165) is 17.5 Å². The summed E-state index contributed by atoms with van der Waals surface area (Å²) >= 11 is 0. The Kier molecular flexibility index (Phi) is 3.73. The lowest BCUT2D eigenvalue weighted by molar-refractivity contribution is -0.121. The molecule has 0 unspecified atom stereocenters. The Morgan fingerprint density at radius 1 is 1.24 bits per heavy atom. The molecule has 1 aliphatic heterocycles. The first-order valence-electron chi connectivity index (χ1n) is 6.92. The van der Waals surface area contributed by atoms with Gasteiger partial charge in [-0.2, -0.15) is 5.06 Å². The van der Waals surface area contributed by atoms with Crippen molar-refractivity contribution >= 4 is 5.97 Å². The number of carbonyl (C=O) groups is 1. The molecule has 0 aliphatic carbocycles. The van der Waals surface area contributed by atoms with Gasteiger partial charge in [0, 0.05) is 6.54 Å². The van der Waals surface area contributed by atoms with E-state index >= 15 is 0 Å². The fraction of sp³-hybridized carbons (Fsp3) is 0.235. The predicted molar refractivity (Wildman–Crippen MR) is 78.3 cm³/mol. The highest BCUT2D eigenvalue weighted by atomic mass is 16.5. The first kappa shape index (κ1) is 13.8. The zero-order chi connectivity index (χ0) is 14.8. The van der Waals surface area contributed by atoms with Crippen molar-refractivity contribution in [2.45, 2.75) is 12.5 Å². The van der Waals surface area contributed by atoms with E-state index in [1.165, 1.54) is 17.7 Å². The molecule has 0 bridgehead atoms. The summed E-state index contributed by atoms with van der Waals surface area (Å²) in [7, 11) is 1.36. The lowest BCUT2D eigenvalue weighted by Crippen LogP contribution is -2.33. The van der Waals surface area contributed by atoms with E-state index in [2.05, 4.69) is 6.07 Å². The van der Waals surface area contributed by atoms with Crippen molar-refractivity contribution in [3.63, 3.8) is 0 Å². The maximum atomic E-state index is 11.7. The highest BCUT2D eigenvalue weighted by Crippen LogP contribution is 2.34. The highest BCUT2D eigenvalue weighted by molar-refractivity contribution is 5.89. The summed E-state index contributed by atoms with van der Waals surface area (Å²) in [5.41, 5.74) is 3.68. The van der Waals surface area contributed by atoms with E-state index in [4.69, 9.17) is 4.74 Å². The van der Waals surface area contributed by atoms with Crippen LogP contribution in [0.4, 0.5) is 0 Å². The van der Waals surface area contributed by atoms with Gasteiger partial charge >= 0.3 is 5.97 Å². The van der Waals surface area contributed by atoms with Crippen molar-refractivity contribution in [1.29, 1.82) is 0 Å². The van der Waals surface area contributed by atoms with Gasteiger partial charge in [0.25, 0.3) is 0 Å². The van der Waals surface area contributed by atoms with Gasteiger partial charge < -0.3 is 9.94 Å². The van der Waals surface area contributed by atoms with Gasteiger partial charge in [-0.15, -0.1) is 0 Å². The quantitative estimate of drug-likeness (QED) is 0.861. The van der Waals surface area contributed by atoms with Crippen molar-refractivity contribution in [3.8, 4) is 0 Å². The molecular weight excluding hydrogens is 266 g/mol. The van der Waals surface area contributed by atoms with Crippen LogP contribution in [0.3, 0.4) is 0 Å². The summed E-state index contributed by atoms with van der Waals surface area (Å²) in [5.74, 6) is -0.370. The van der Waals surface area contributed by atoms with Gasteiger partial charge in [-0.05, 0) is 35.2 Å². The third-order valence-corrected chi connectivity index (χ3v) is 3.88. The average Bonchev–Trinajstić information content (AvgIpc) is 2.54. The van der Waals surface area contributed by atoms with Crippen LogP contribution in [0.2, 0.25) is 0 Å². The van der Waals surface area contributed by atoms with Crippen LogP contribution in [0.1, 0.15) is 33.1 Å². The van der Waals surface area contributed by atoms with Gasteiger partial charge in [-0.3, -0.25) is 0 Å². The number of hydroxylamine groups is 2. The highest BCUT2D eigenvalue weighted by Gasteiger charge is 2.27. The average molecular weight is 283 g/mol. The van der Waals surface area contributed by atoms with Crippen LogP contribution < -0.4 is 0 Å². The molecular formula is C17H17NO3. The normalized spacial score (nSPS) is 18.1. The number of ether oxygens (including phenoxy) is 1. The molecule has 21 heavy (non-hydrogen) atoms. The SMILES string of the molecule is COC(=O)c1cccc([C@H]2c3ccccc3CCN2O)c1. The standard InChI is InChI=1S/C17H17NO3/c1-21-17(19)14-7-4-6-13(11-14)16-15-8-3-2-5-12(15)9-10-18(16)20/h2-8,11,16,20H,9-10H2,1H3/t16-/m0/s1. The molecule has 4 heteroatoms. The first-order valence-corrected chi connectivity index (χ1v) is 6.92. The summed E-state index contributed by atoms with van der Waals surface area (Å²) in [6.07, 6.45) is 0.819. The minimum absolute atomic E-state index is 0.250. The van der Waals surface area contributed by atoms with Crippen molar-refractivity contribution in [3.05, 3.63) is 70.8 Å². The molecule has 0 radical (unpaired) electrons. The third kappa shape index (κ3) is 2.55. The number of hydrogen-bond donors (Lipinski definition) is 1. The number of benzene rings is 2. The Balaban J connectivity index is 2.05. The van der Waals surface area contributed by atoms with Crippen LogP contribution in [-0.2, 0) is 11.2 Å². The number of nitrogens with zero attached hydrogens (tertiary/aromatic N) is 1. The maximum absolute atomic E-state index is 11.7. The van der Waals surface area contributed by atoms with Crippen LogP contribution in [0.25, 0.3) is 0 Å². The number of esters is 1. The second-order valence-corrected chi connectivity index (χ2v) is 5.13. The van der Waals surface area contributed by atoms with E-state index in [9.17, 15) is 10.0 Å².